The molecule has 0 spiro atoms. The standard InChI is InChI=1S/C15H17NO2/c1-11(17)16-9-8-13-5-3-4-12-6-7-14(18-2)10-15(12)13/h3-7,10H,8-9H2,1-2H3,(H,16,17)/i1D3,2D3/hD. The summed E-state index contributed by atoms with van der Waals surface area (Å²) in [5.41, 5.74) is 0.754. The molecule has 0 bridgehead atoms. The number of ether oxygens (including phenoxy) is 1. The van der Waals surface area contributed by atoms with Crippen molar-refractivity contribution in [2.24, 2.45) is 0 Å². The minimum atomic E-state index is -2.85. The fourth-order valence-corrected chi connectivity index (χ4v) is 1.88. The minimum absolute atomic E-state index is 0.0965. The molecule has 0 fully saturated rings. The summed E-state index contributed by atoms with van der Waals surface area (Å²) in [5, 5.41) is 1.99. The number of hydrogen-bond acceptors (Lipinski definition) is 2. The molecule has 0 aliphatic heterocycles. The van der Waals surface area contributed by atoms with E-state index in [-0.39, 0.29) is 18.7 Å². The van der Waals surface area contributed by atoms with Crippen molar-refractivity contribution in [2.45, 2.75) is 13.3 Å². The second kappa shape index (κ2) is 5.54. The normalized spacial score (nSPS) is 17.4. The van der Waals surface area contributed by atoms with E-state index in [0.717, 1.165) is 16.3 Å². The van der Waals surface area contributed by atoms with E-state index in [0.29, 0.717) is 5.31 Å². The number of fused-ring (bicyclic) bond motifs is 1. The lowest BCUT2D eigenvalue weighted by molar-refractivity contribution is -0.118. The summed E-state index contributed by atoms with van der Waals surface area (Å²) in [4.78, 5) is 11.6. The van der Waals surface area contributed by atoms with E-state index < -0.39 is 19.8 Å². The van der Waals surface area contributed by atoms with Gasteiger partial charge in [0.15, 0.2) is 1.41 Å². The fraction of sp³-hybridized carbons (Fsp3) is 0.267. The first-order chi connectivity index (χ1) is 11.5. The van der Waals surface area contributed by atoms with Crippen LogP contribution < -0.4 is 10.0 Å². The number of methoxy groups -OCH3 is 1. The van der Waals surface area contributed by atoms with Gasteiger partial charge in [-0.25, -0.2) is 0 Å². The molecular weight excluding hydrogens is 226 g/mol. The largest absolute Gasteiger partial charge is 0.497 e. The number of carbonyl (C=O) groups is 1. The Hall–Kier alpha value is -2.03. The summed E-state index contributed by atoms with van der Waals surface area (Å²) in [6.07, 6.45) is 0.250. The molecule has 0 aliphatic carbocycles. The molecule has 0 atom stereocenters. The van der Waals surface area contributed by atoms with Crippen LogP contribution >= 0.6 is 0 Å². The number of rotatable bonds is 4. The number of hydrogen-bond donors (Lipinski definition) is 1. The van der Waals surface area contributed by atoms with Gasteiger partial charge in [-0.2, -0.15) is 0 Å². The van der Waals surface area contributed by atoms with Gasteiger partial charge in [0.25, 0.3) is 0 Å². The zero-order valence-corrected chi connectivity index (χ0v) is 9.64. The Morgan fingerprint density at radius 2 is 2.39 bits per heavy atom. The second-order valence-electron chi connectivity index (χ2n) is 3.84. The van der Waals surface area contributed by atoms with Gasteiger partial charge in [0.1, 0.15) is 5.75 Å². The van der Waals surface area contributed by atoms with Crippen molar-refractivity contribution in [1.29, 1.82) is 0 Å². The lowest BCUT2D eigenvalue weighted by Gasteiger charge is -2.08. The second-order valence-corrected chi connectivity index (χ2v) is 3.84. The summed E-state index contributed by atoms with van der Waals surface area (Å²) < 4.78 is 55.1. The van der Waals surface area contributed by atoms with Crippen LogP contribution in [-0.4, -0.2) is 19.5 Å². The molecule has 3 heteroatoms. The van der Waals surface area contributed by atoms with Crippen LogP contribution in [0.4, 0.5) is 0 Å². The van der Waals surface area contributed by atoms with E-state index in [2.05, 4.69) is 0 Å². The zero-order chi connectivity index (χ0) is 18.8. The van der Waals surface area contributed by atoms with Crippen molar-refractivity contribution in [3.05, 3.63) is 42.0 Å². The van der Waals surface area contributed by atoms with Gasteiger partial charge in [-0.1, -0.05) is 24.3 Å². The zero-order valence-electron chi connectivity index (χ0n) is 16.6. The van der Waals surface area contributed by atoms with Gasteiger partial charge in [0.2, 0.25) is 5.91 Å². The molecule has 2 rings (SSSR count). The van der Waals surface area contributed by atoms with Crippen LogP contribution in [0, 0.1) is 0 Å². The highest BCUT2D eigenvalue weighted by Crippen LogP contribution is 2.24. The maximum atomic E-state index is 11.6. The molecule has 0 saturated carbocycles. The maximum absolute atomic E-state index is 11.6. The first-order valence-corrected chi connectivity index (χ1v) is 5.49. The molecule has 0 aromatic heterocycles. The van der Waals surface area contributed by atoms with E-state index in [1.807, 2.05) is 6.07 Å². The van der Waals surface area contributed by atoms with Crippen LogP contribution in [0.5, 0.6) is 5.75 Å². The first-order valence-electron chi connectivity index (χ1n) is 8.94. The van der Waals surface area contributed by atoms with E-state index >= 15 is 0 Å². The Kier molecular flexibility index (Phi) is 1.92. The summed E-state index contributed by atoms with van der Waals surface area (Å²) >= 11 is 0. The van der Waals surface area contributed by atoms with Crippen molar-refractivity contribution in [3.8, 4) is 5.75 Å². The monoisotopic (exact) mass is 250 g/mol. The molecule has 0 saturated heterocycles. The molecule has 0 aliphatic rings. The third kappa shape index (κ3) is 2.80. The van der Waals surface area contributed by atoms with Crippen molar-refractivity contribution in [3.63, 3.8) is 0 Å². The van der Waals surface area contributed by atoms with E-state index in [4.69, 9.17) is 14.4 Å². The molecule has 3 nitrogen and oxygen atoms in total. The van der Waals surface area contributed by atoms with E-state index in [1.54, 1.807) is 30.3 Å². The van der Waals surface area contributed by atoms with Gasteiger partial charge in [-0.3, -0.25) is 4.79 Å². The smallest absolute Gasteiger partial charge is 0.216 e. The van der Waals surface area contributed by atoms with Crippen LogP contribution in [0.25, 0.3) is 10.8 Å². The molecule has 1 N–H and O–H groups in total. The Morgan fingerprint density at radius 1 is 1.44 bits per heavy atom. The van der Waals surface area contributed by atoms with Gasteiger partial charge in [0.05, 0.1) is 11.2 Å². The van der Waals surface area contributed by atoms with Crippen LogP contribution in [0.3, 0.4) is 0 Å². The third-order valence-corrected chi connectivity index (χ3v) is 2.70. The van der Waals surface area contributed by atoms with Gasteiger partial charge in [0, 0.05) is 17.5 Å². The molecule has 1 amide bonds. The van der Waals surface area contributed by atoms with Crippen LogP contribution in [0.15, 0.2) is 36.4 Å². The minimum Gasteiger partial charge on any atom is -0.497 e. The van der Waals surface area contributed by atoms with Crippen LogP contribution in [0.2, 0.25) is 1.41 Å². The summed E-state index contributed by atoms with van der Waals surface area (Å²) in [6.45, 7) is -2.94. The Balaban J connectivity index is 2.23. The Bertz CT molecular complexity index is 771. The number of amides is 1. The number of benzene rings is 2. The predicted octanol–water partition coefficient (Wildman–Crippen LogP) is 2.53. The molecule has 2 aromatic rings. The lowest BCUT2D eigenvalue weighted by Crippen LogP contribution is -2.22. The summed E-state index contributed by atoms with van der Waals surface area (Å²) in [6, 6.07) is 10.2. The van der Waals surface area contributed by atoms with Crippen LogP contribution in [-0.2, 0) is 11.2 Å². The Morgan fingerprint density at radius 3 is 3.22 bits per heavy atom. The predicted molar refractivity (Wildman–Crippen MR) is 72.9 cm³/mol. The van der Waals surface area contributed by atoms with Gasteiger partial charge in [-0.15, -0.1) is 0 Å². The Labute approximate surface area is 117 Å². The highest BCUT2D eigenvalue weighted by Gasteiger charge is 2.03. The molecular formula is C15H17NO2. The van der Waals surface area contributed by atoms with Crippen molar-refractivity contribution in [1.82, 2.24) is 5.31 Å². The fourth-order valence-electron chi connectivity index (χ4n) is 1.88. The van der Waals surface area contributed by atoms with Gasteiger partial charge < -0.3 is 10.0 Å². The number of carbonyl (C=O) groups excluding carboxylic acids is 1. The van der Waals surface area contributed by atoms with E-state index in [9.17, 15) is 4.79 Å². The van der Waals surface area contributed by atoms with E-state index in [1.165, 1.54) is 0 Å². The van der Waals surface area contributed by atoms with Crippen molar-refractivity contribution < 1.29 is 19.2 Å². The average Bonchev–Trinajstić information content (AvgIpc) is 2.49. The first kappa shape index (κ1) is 6.23. The summed E-state index contributed by atoms with van der Waals surface area (Å²) in [5.74, 6) is -1.06. The third-order valence-electron chi connectivity index (χ3n) is 2.70. The van der Waals surface area contributed by atoms with Gasteiger partial charge in [-0.05, 0) is 34.9 Å². The molecule has 0 radical (unpaired) electrons. The van der Waals surface area contributed by atoms with Crippen molar-refractivity contribution >= 4 is 16.7 Å². The highest BCUT2D eigenvalue weighted by atomic mass is 16.5. The number of nitrogens with one attached hydrogen (secondary N) is 1. The molecule has 0 unspecified atom stereocenters. The summed E-state index contributed by atoms with van der Waals surface area (Å²) in [7, 11) is -2.56. The van der Waals surface area contributed by atoms with Crippen molar-refractivity contribution in [2.75, 3.05) is 13.6 Å². The topological polar surface area (TPSA) is 38.3 Å². The lowest BCUT2D eigenvalue weighted by atomic mass is 10.0. The maximum Gasteiger partial charge on any atom is 0.216 e. The molecule has 94 valence electrons. The quantitative estimate of drug-likeness (QED) is 0.905. The van der Waals surface area contributed by atoms with Gasteiger partial charge >= 0.3 is 0 Å². The van der Waals surface area contributed by atoms with Crippen LogP contribution in [0.1, 0.15) is 20.6 Å². The molecule has 0 heterocycles. The average molecular weight is 250 g/mol. The highest BCUT2D eigenvalue weighted by molar-refractivity contribution is 5.87. The SMILES string of the molecule is [2H]N(CCc1cccc2ccc(OC([2H])([2H])[2H])cc12)C(=O)C([2H])([2H])[2H]. The molecule has 18 heavy (non-hydrogen) atoms. The molecule has 2 aromatic carbocycles.